The summed E-state index contributed by atoms with van der Waals surface area (Å²) in [6.07, 6.45) is -4.34. The molecule has 2 atom stereocenters. The van der Waals surface area contributed by atoms with Crippen LogP contribution in [0.3, 0.4) is 0 Å². The fourth-order valence-corrected chi connectivity index (χ4v) is 4.79. The Morgan fingerprint density at radius 2 is 1.91 bits per heavy atom. The Morgan fingerprint density at radius 1 is 1.14 bits per heavy atom. The Hall–Kier alpha value is -3.84. The number of halogens is 3. The van der Waals surface area contributed by atoms with Gasteiger partial charge in [0.05, 0.1) is 17.8 Å². The van der Waals surface area contributed by atoms with Gasteiger partial charge < -0.3 is 19.5 Å². The number of benzene rings is 1. The highest BCUT2D eigenvalue weighted by Crippen LogP contribution is 2.40. The van der Waals surface area contributed by atoms with Crippen molar-refractivity contribution in [3.8, 4) is 5.75 Å². The standard InChI is InChI=1S/C30H37F3N6O4/c1-19-24(42-15-14-41-5)10-7-20-6-9-22(37-26(19)20)17-36-38-25-11-8-21(16-35-25)27(30(31,32)33)39(23-12-13-34-18-23)28(40)43-29(2,3)4/h6-11,16,23,27,34H,12-15,17-18H2,1-5H3/t23-,27+/m0/s1. The molecule has 3 heterocycles. The number of hydrogen-bond acceptors (Lipinski definition) is 9. The van der Waals surface area contributed by atoms with E-state index in [1.807, 2.05) is 31.2 Å². The molecule has 1 aliphatic rings. The number of amides is 1. The number of rotatable bonds is 10. The number of fused-ring (bicyclic) bond motifs is 1. The first kappa shape index (κ1) is 32.1. The molecule has 1 aliphatic heterocycles. The zero-order valence-electron chi connectivity index (χ0n) is 24.9. The van der Waals surface area contributed by atoms with Gasteiger partial charge in [-0.3, -0.25) is 9.88 Å². The molecule has 2 aromatic heterocycles. The lowest BCUT2D eigenvalue weighted by atomic mass is 10.0. The molecule has 0 radical (unpaired) electrons. The lowest BCUT2D eigenvalue weighted by Crippen LogP contribution is -2.50. The lowest BCUT2D eigenvalue weighted by Gasteiger charge is -2.38. The maximum Gasteiger partial charge on any atom is 0.413 e. The number of nitrogens with one attached hydrogen (secondary N) is 1. The van der Waals surface area contributed by atoms with E-state index in [0.29, 0.717) is 37.6 Å². The summed E-state index contributed by atoms with van der Waals surface area (Å²) < 4.78 is 59.6. The third kappa shape index (κ3) is 8.38. The molecule has 1 amide bonds. The molecule has 1 N–H and O–H groups in total. The van der Waals surface area contributed by atoms with Gasteiger partial charge in [0.2, 0.25) is 0 Å². The van der Waals surface area contributed by atoms with Crippen LogP contribution >= 0.6 is 0 Å². The van der Waals surface area contributed by atoms with Crippen LogP contribution in [0.4, 0.5) is 23.8 Å². The summed E-state index contributed by atoms with van der Waals surface area (Å²) in [7, 11) is 1.61. The fraction of sp³-hybridized carbons (Fsp3) is 0.500. The number of hydrogen-bond donors (Lipinski definition) is 1. The monoisotopic (exact) mass is 602 g/mol. The molecule has 43 heavy (non-hydrogen) atoms. The van der Waals surface area contributed by atoms with E-state index in [-0.39, 0.29) is 24.5 Å². The smallest absolute Gasteiger partial charge is 0.413 e. The van der Waals surface area contributed by atoms with Crippen LogP contribution in [0.15, 0.2) is 52.8 Å². The number of ether oxygens (including phenoxy) is 3. The van der Waals surface area contributed by atoms with Crippen molar-refractivity contribution in [1.82, 2.24) is 20.2 Å². The Balaban J connectivity index is 1.51. The van der Waals surface area contributed by atoms with Crippen LogP contribution in [-0.2, 0) is 16.0 Å². The van der Waals surface area contributed by atoms with Gasteiger partial charge in [-0.05, 0) is 64.9 Å². The molecule has 0 bridgehead atoms. The highest BCUT2D eigenvalue weighted by atomic mass is 19.4. The van der Waals surface area contributed by atoms with E-state index in [9.17, 15) is 18.0 Å². The van der Waals surface area contributed by atoms with Crippen molar-refractivity contribution < 1.29 is 32.2 Å². The van der Waals surface area contributed by atoms with Gasteiger partial charge in [-0.2, -0.15) is 18.3 Å². The minimum atomic E-state index is -4.77. The maximum atomic E-state index is 14.5. The molecule has 232 valence electrons. The summed E-state index contributed by atoms with van der Waals surface area (Å²) in [6.45, 7) is 8.53. The second-order valence-electron chi connectivity index (χ2n) is 11.2. The Bertz CT molecular complexity index is 1420. The highest BCUT2D eigenvalue weighted by molar-refractivity contribution is 5.84. The van der Waals surface area contributed by atoms with Crippen LogP contribution in [0.5, 0.6) is 5.75 Å². The number of aryl methyl sites for hydroxylation is 1. The first-order chi connectivity index (χ1) is 20.4. The van der Waals surface area contributed by atoms with Crippen LogP contribution < -0.4 is 10.1 Å². The van der Waals surface area contributed by atoms with Crippen molar-refractivity contribution in [2.45, 2.75) is 64.5 Å². The van der Waals surface area contributed by atoms with E-state index in [4.69, 9.17) is 19.2 Å². The van der Waals surface area contributed by atoms with Gasteiger partial charge in [0.25, 0.3) is 0 Å². The van der Waals surface area contributed by atoms with Gasteiger partial charge in [-0.25, -0.2) is 9.78 Å². The summed E-state index contributed by atoms with van der Waals surface area (Å²) in [5.74, 6) is 0.841. The SMILES string of the molecule is COCCOc1ccc2ccc(CN=Nc3ccc([C@@H](N(C(=O)OC(C)(C)C)[C@H]4CCNC4)C(F)(F)F)cn3)nc2c1C. The number of carbonyl (C=O) groups excluding carboxylic acids is 1. The summed E-state index contributed by atoms with van der Waals surface area (Å²) in [5.41, 5.74) is 1.16. The average molecular weight is 603 g/mol. The van der Waals surface area contributed by atoms with Crippen LogP contribution in [0.25, 0.3) is 10.9 Å². The molecule has 1 aromatic carbocycles. The third-order valence-electron chi connectivity index (χ3n) is 6.78. The Kier molecular flexibility index (Phi) is 10.2. The summed E-state index contributed by atoms with van der Waals surface area (Å²) >= 11 is 0. The summed E-state index contributed by atoms with van der Waals surface area (Å²) in [5, 5.41) is 12.2. The molecular formula is C30H37F3N6O4. The molecule has 0 aliphatic carbocycles. The lowest BCUT2D eigenvalue weighted by molar-refractivity contribution is -0.188. The van der Waals surface area contributed by atoms with Gasteiger partial charge >= 0.3 is 12.3 Å². The predicted octanol–water partition coefficient (Wildman–Crippen LogP) is 6.45. The minimum absolute atomic E-state index is 0.127. The van der Waals surface area contributed by atoms with E-state index < -0.39 is 30.0 Å². The molecule has 1 saturated heterocycles. The second-order valence-corrected chi connectivity index (χ2v) is 11.2. The van der Waals surface area contributed by atoms with Crippen molar-refractivity contribution >= 4 is 22.8 Å². The molecule has 0 spiro atoms. The zero-order valence-corrected chi connectivity index (χ0v) is 24.9. The highest BCUT2D eigenvalue weighted by Gasteiger charge is 2.50. The Labute approximate surface area is 248 Å². The topological polar surface area (TPSA) is 111 Å². The number of nitrogens with zero attached hydrogens (tertiary/aromatic N) is 5. The van der Waals surface area contributed by atoms with Gasteiger partial charge in [0.15, 0.2) is 11.9 Å². The van der Waals surface area contributed by atoms with Gasteiger partial charge in [-0.1, -0.05) is 12.1 Å². The van der Waals surface area contributed by atoms with Crippen molar-refractivity contribution in [2.75, 3.05) is 33.4 Å². The number of aromatic nitrogens is 2. The summed E-state index contributed by atoms with van der Waals surface area (Å²) in [4.78, 5) is 22.6. The number of carbonyl (C=O) groups is 1. The van der Waals surface area contributed by atoms with Crippen molar-refractivity contribution in [3.05, 3.63) is 59.4 Å². The van der Waals surface area contributed by atoms with Crippen molar-refractivity contribution in [2.24, 2.45) is 10.2 Å². The van der Waals surface area contributed by atoms with E-state index >= 15 is 0 Å². The number of methoxy groups -OCH3 is 1. The fourth-order valence-electron chi connectivity index (χ4n) is 4.79. The maximum absolute atomic E-state index is 14.5. The Morgan fingerprint density at radius 3 is 2.53 bits per heavy atom. The average Bonchev–Trinajstić information content (AvgIpc) is 3.47. The van der Waals surface area contributed by atoms with Crippen LogP contribution in [0, 0.1) is 6.92 Å². The van der Waals surface area contributed by atoms with Gasteiger partial charge in [0, 0.05) is 42.4 Å². The second kappa shape index (κ2) is 13.6. The number of alkyl halides is 3. The first-order valence-corrected chi connectivity index (χ1v) is 14.0. The van der Waals surface area contributed by atoms with Crippen LogP contribution in [0.1, 0.15) is 50.1 Å². The van der Waals surface area contributed by atoms with E-state index in [2.05, 4.69) is 20.5 Å². The molecule has 1 fully saturated rings. The van der Waals surface area contributed by atoms with E-state index in [1.165, 1.54) is 12.1 Å². The molecular weight excluding hydrogens is 565 g/mol. The summed E-state index contributed by atoms with van der Waals surface area (Å²) in [6, 6.07) is 7.27. The molecule has 0 unspecified atom stereocenters. The molecule has 10 nitrogen and oxygen atoms in total. The molecule has 4 rings (SSSR count). The molecule has 0 saturated carbocycles. The van der Waals surface area contributed by atoms with Crippen LogP contribution in [-0.4, -0.2) is 72.2 Å². The van der Waals surface area contributed by atoms with Crippen molar-refractivity contribution in [1.29, 1.82) is 0 Å². The number of pyridine rings is 2. The van der Waals surface area contributed by atoms with Gasteiger partial charge in [-0.15, -0.1) is 5.11 Å². The minimum Gasteiger partial charge on any atom is -0.491 e. The molecule has 3 aromatic rings. The van der Waals surface area contributed by atoms with Crippen LogP contribution in [0.2, 0.25) is 0 Å². The number of azo groups is 1. The molecule has 13 heteroatoms. The van der Waals surface area contributed by atoms with E-state index in [1.54, 1.807) is 27.9 Å². The quantitative estimate of drug-likeness (QED) is 0.210. The predicted molar refractivity (Wildman–Crippen MR) is 154 cm³/mol. The largest absolute Gasteiger partial charge is 0.491 e. The van der Waals surface area contributed by atoms with E-state index in [0.717, 1.165) is 27.6 Å². The first-order valence-electron chi connectivity index (χ1n) is 14.0. The zero-order chi connectivity index (χ0) is 31.2. The third-order valence-corrected chi connectivity index (χ3v) is 6.78. The normalized spacial score (nSPS) is 16.5. The van der Waals surface area contributed by atoms with Crippen molar-refractivity contribution in [3.63, 3.8) is 0 Å². The van der Waals surface area contributed by atoms with Gasteiger partial charge in [0.1, 0.15) is 24.5 Å².